The van der Waals surface area contributed by atoms with Gasteiger partial charge in [0.15, 0.2) is 16.4 Å². The number of hydrogen-bond acceptors (Lipinski definition) is 14. The number of rotatable bonds is 15. The van der Waals surface area contributed by atoms with Crippen molar-refractivity contribution in [2.24, 2.45) is 15.5 Å². The number of nitrogens with zero attached hydrogens (tertiary/aromatic N) is 11. The van der Waals surface area contributed by atoms with E-state index in [0.29, 0.717) is 43.3 Å². The predicted octanol–water partition coefficient (Wildman–Crippen LogP) is 15.7. The third kappa shape index (κ3) is 19.0. The molecule has 476 valence electrons. The molecule has 9 rings (SSSR count). The average molecular weight is 1450 g/mol. The van der Waals surface area contributed by atoms with Crippen molar-refractivity contribution in [3.63, 3.8) is 0 Å². The molecule has 6 heterocycles. The minimum absolute atomic E-state index is 0.0295. The molecule has 0 spiro atoms. The Morgan fingerprint density at radius 3 is 1.50 bits per heavy atom. The van der Waals surface area contributed by atoms with Gasteiger partial charge in [0.1, 0.15) is 32.6 Å². The van der Waals surface area contributed by atoms with E-state index in [1.807, 2.05) is 80.4 Å². The van der Waals surface area contributed by atoms with Crippen LogP contribution in [0.5, 0.6) is 0 Å². The lowest BCUT2D eigenvalue weighted by Crippen LogP contribution is -2.26. The van der Waals surface area contributed by atoms with Crippen molar-refractivity contribution in [1.82, 2.24) is 39.1 Å². The maximum Gasteiger partial charge on any atom is 0.417 e. The van der Waals surface area contributed by atoms with Crippen LogP contribution in [0, 0.1) is 48.5 Å². The summed E-state index contributed by atoms with van der Waals surface area (Å²) in [5.41, 5.74) is 9.94. The lowest BCUT2D eigenvalue weighted by Gasteiger charge is -2.22. The standard InChI is InChI=1S/2C17H20BrN3O2.2C9H11F3N2O.C8H7BrClNO/c1-11-7-13(5-6-14(11)18)15-9-17(3,23-20-15)16-8-12(2)21(19-16)10-22-4;1-11-7-13(5-6-14(11)18)15-9-17(3,23-20-15)16-8-12(2)19-21(16)10-22-4;1-6-4-8(7(2)9(10,11)12)13-14(6)5-15-3;1-6-4-8(7(2)9(10,11)12)14(13-6)5-15-3;1-5-4-6(8(10)11-12)2-3-7(5)9/h2*5-8H,9-10H2,1-4H3;2*4H,2,5H2,1,3H3;2-4,12H,1H3/b;;;;11-8-. The number of benzene rings is 3. The van der Waals surface area contributed by atoms with Gasteiger partial charge >= 0.3 is 12.4 Å². The molecule has 7 aromatic rings. The van der Waals surface area contributed by atoms with Gasteiger partial charge in [0.25, 0.3) is 0 Å². The van der Waals surface area contributed by atoms with E-state index in [2.05, 4.69) is 135 Å². The number of aromatic nitrogens is 8. The number of oxime groups is 3. The van der Waals surface area contributed by atoms with E-state index < -0.39 is 34.7 Å². The van der Waals surface area contributed by atoms with Gasteiger partial charge in [0.2, 0.25) is 0 Å². The molecule has 2 aliphatic heterocycles. The number of methoxy groups -OCH3 is 4. The van der Waals surface area contributed by atoms with E-state index in [1.165, 1.54) is 42.2 Å². The highest BCUT2D eigenvalue weighted by atomic mass is 79.9. The van der Waals surface area contributed by atoms with Crippen LogP contribution < -0.4 is 0 Å². The highest BCUT2D eigenvalue weighted by Crippen LogP contribution is 2.39. The molecule has 28 heteroatoms. The molecule has 0 aliphatic carbocycles. The summed E-state index contributed by atoms with van der Waals surface area (Å²) in [6, 6.07) is 24.6. The highest BCUT2D eigenvalue weighted by molar-refractivity contribution is 9.11. The van der Waals surface area contributed by atoms with Crippen molar-refractivity contribution in [3.8, 4) is 0 Å². The summed E-state index contributed by atoms with van der Waals surface area (Å²) in [5, 5.41) is 36.7. The SMILES string of the molecule is C=C(c1cc(C)n(COC)n1)C(F)(F)F.C=C(c1cc(C)nn1COC)C(F)(F)F.COCn1nc(C)cc1C1(C)CC(c2ccc(Br)c(C)c2)=NO1.COCn1nc(C2(C)CC(c3ccc(Br)c(C)c3)=NO2)cc1C.Cc1cc(/C(Cl)=N/O)ccc1Br. The number of hydrogen-bond donors (Lipinski definition) is 1. The lowest BCUT2D eigenvalue weighted by molar-refractivity contribution is -0.0700. The Kier molecular flexibility index (Phi) is 25.7. The Hall–Kier alpha value is -6.46. The van der Waals surface area contributed by atoms with Crippen LogP contribution in [0.3, 0.4) is 0 Å². The zero-order valence-electron chi connectivity index (χ0n) is 50.8. The van der Waals surface area contributed by atoms with E-state index in [9.17, 15) is 26.3 Å². The van der Waals surface area contributed by atoms with Crippen LogP contribution >= 0.6 is 59.4 Å². The molecule has 0 bridgehead atoms. The Morgan fingerprint density at radius 1 is 0.580 bits per heavy atom. The quantitative estimate of drug-likeness (QED) is 0.0446. The van der Waals surface area contributed by atoms with Gasteiger partial charge in [0, 0.05) is 71.7 Å². The molecule has 0 saturated carbocycles. The first-order valence-electron chi connectivity index (χ1n) is 26.6. The molecule has 2 unspecified atom stereocenters. The fourth-order valence-electron chi connectivity index (χ4n) is 8.57. The van der Waals surface area contributed by atoms with Gasteiger partial charge < -0.3 is 33.8 Å². The van der Waals surface area contributed by atoms with Crippen molar-refractivity contribution in [2.45, 2.75) is 126 Å². The average Bonchev–Trinajstić information content (AvgIpc) is 2.46. The first-order valence-corrected chi connectivity index (χ1v) is 29.3. The smallest absolute Gasteiger partial charge is 0.410 e. The second-order valence-corrected chi connectivity index (χ2v) is 23.6. The first kappa shape index (κ1) is 72.3. The molecule has 18 nitrogen and oxygen atoms in total. The summed E-state index contributed by atoms with van der Waals surface area (Å²) in [4.78, 5) is 11.6. The normalized spacial score (nSPS) is 16.3. The third-order valence-corrected chi connectivity index (χ3v) is 16.3. The second kappa shape index (κ2) is 31.3. The number of aryl methyl sites for hydroxylation is 7. The Labute approximate surface area is 537 Å². The minimum atomic E-state index is -4.45. The van der Waals surface area contributed by atoms with Gasteiger partial charge in [0.05, 0.1) is 51.0 Å². The zero-order valence-corrected chi connectivity index (χ0v) is 56.3. The van der Waals surface area contributed by atoms with Gasteiger partial charge in [-0.15, -0.1) is 0 Å². The first-order chi connectivity index (χ1) is 41.2. The Bertz CT molecular complexity index is 3670. The summed E-state index contributed by atoms with van der Waals surface area (Å²) in [6.07, 6.45) is -7.50. The molecular weight excluding hydrogens is 1380 g/mol. The summed E-state index contributed by atoms with van der Waals surface area (Å²) in [5.74, 6) is 0. The predicted molar refractivity (Wildman–Crippen MR) is 336 cm³/mol. The maximum atomic E-state index is 12.4. The van der Waals surface area contributed by atoms with Crippen LogP contribution in [0.1, 0.15) is 106 Å². The molecule has 0 saturated heterocycles. The van der Waals surface area contributed by atoms with Gasteiger partial charge in [-0.3, -0.25) is 0 Å². The second-order valence-electron chi connectivity index (χ2n) is 20.7. The summed E-state index contributed by atoms with van der Waals surface area (Å²) in [6.45, 7) is 24.3. The van der Waals surface area contributed by atoms with Crippen molar-refractivity contribution >= 4 is 87.1 Å². The van der Waals surface area contributed by atoms with E-state index in [-0.39, 0.29) is 30.0 Å². The van der Waals surface area contributed by atoms with Crippen LogP contribution in [0.2, 0.25) is 0 Å². The van der Waals surface area contributed by atoms with Crippen molar-refractivity contribution in [3.05, 3.63) is 184 Å². The van der Waals surface area contributed by atoms with Crippen LogP contribution in [-0.4, -0.2) is 102 Å². The molecule has 3 aromatic carbocycles. The summed E-state index contributed by atoms with van der Waals surface area (Å²) >= 11 is 16.0. The van der Waals surface area contributed by atoms with Gasteiger partial charge in [-0.1, -0.05) is 106 Å². The van der Waals surface area contributed by atoms with E-state index in [0.717, 1.165) is 69.0 Å². The number of ether oxygens (including phenoxy) is 4. The highest BCUT2D eigenvalue weighted by Gasteiger charge is 2.41. The molecule has 1 N–H and O–H groups in total. The molecule has 0 amide bonds. The number of halogens is 10. The summed E-state index contributed by atoms with van der Waals surface area (Å²) in [7, 11) is 6.15. The van der Waals surface area contributed by atoms with Crippen LogP contribution in [0.4, 0.5) is 26.3 Å². The molecular formula is C60H69Br3ClF6N11O7. The summed E-state index contributed by atoms with van der Waals surface area (Å²) < 4.78 is 103. The molecule has 0 radical (unpaired) electrons. The number of alkyl halides is 6. The van der Waals surface area contributed by atoms with Crippen LogP contribution in [0.15, 0.2) is 121 Å². The van der Waals surface area contributed by atoms with E-state index >= 15 is 0 Å². The molecule has 2 aliphatic rings. The Morgan fingerprint density at radius 2 is 1.01 bits per heavy atom. The van der Waals surface area contributed by atoms with Gasteiger partial charge in [-0.2, -0.15) is 46.7 Å². The fraction of sp³-hybridized carbons (Fsp3) is 0.383. The molecule has 2 atom stereocenters. The van der Waals surface area contributed by atoms with E-state index in [1.54, 1.807) is 34.1 Å². The fourth-order valence-corrected chi connectivity index (χ4v) is 9.42. The van der Waals surface area contributed by atoms with Crippen LogP contribution in [0.25, 0.3) is 11.1 Å². The maximum absolute atomic E-state index is 12.4. The minimum Gasteiger partial charge on any atom is -0.410 e. The van der Waals surface area contributed by atoms with Gasteiger partial charge in [-0.25, -0.2) is 18.7 Å². The zero-order chi connectivity index (χ0) is 65.6. The van der Waals surface area contributed by atoms with Crippen molar-refractivity contribution in [2.75, 3.05) is 28.4 Å². The lowest BCUT2D eigenvalue weighted by atomic mass is 9.92. The molecule has 0 fully saturated rings. The molecule has 4 aromatic heterocycles. The van der Waals surface area contributed by atoms with Crippen molar-refractivity contribution < 1.29 is 60.2 Å². The topological polar surface area (TPSA) is 184 Å². The molecule has 88 heavy (non-hydrogen) atoms. The van der Waals surface area contributed by atoms with Gasteiger partial charge in [-0.05, 0) is 151 Å². The third-order valence-electron chi connectivity index (χ3n) is 13.3. The Balaban J connectivity index is 0.000000205. The van der Waals surface area contributed by atoms with E-state index in [4.69, 9.17) is 45.4 Å². The number of allylic oxidation sites excluding steroid dienone is 2. The largest absolute Gasteiger partial charge is 0.417 e. The van der Waals surface area contributed by atoms with Crippen LogP contribution in [-0.2, 0) is 66.7 Å². The van der Waals surface area contributed by atoms with Crippen molar-refractivity contribution in [1.29, 1.82) is 0 Å². The monoisotopic (exact) mass is 1440 g/mol.